The maximum absolute atomic E-state index is 4.49. The van der Waals surface area contributed by atoms with Crippen LogP contribution in [0.1, 0.15) is 23.5 Å². The van der Waals surface area contributed by atoms with Gasteiger partial charge in [0.25, 0.3) is 0 Å². The number of hydrogen-bond donors (Lipinski definition) is 1. The van der Waals surface area contributed by atoms with E-state index in [1.807, 2.05) is 0 Å². The fraction of sp³-hybridized carbons (Fsp3) is 0.750. The summed E-state index contributed by atoms with van der Waals surface area (Å²) in [5, 5.41) is 6.83. The van der Waals surface area contributed by atoms with Crippen LogP contribution in [0, 0.1) is 6.92 Å². The average molecular weight is 239 g/mol. The number of hydrogen-bond acceptors (Lipinski definition) is 4. The Morgan fingerprint density at radius 2 is 2.19 bits per heavy atom. The lowest BCUT2D eigenvalue weighted by atomic mass is 10.2. The van der Waals surface area contributed by atoms with Crippen molar-refractivity contribution < 1.29 is 0 Å². The highest BCUT2D eigenvalue weighted by Gasteiger charge is 2.08. The molecule has 1 aromatic heterocycles. The lowest BCUT2D eigenvalue weighted by Crippen LogP contribution is -2.43. The van der Waals surface area contributed by atoms with Gasteiger partial charge in [0.1, 0.15) is 0 Å². The van der Waals surface area contributed by atoms with E-state index in [2.05, 4.69) is 27.5 Å². The third kappa shape index (κ3) is 3.85. The maximum Gasteiger partial charge on any atom is 0.0928 e. The minimum Gasteiger partial charge on any atom is -0.314 e. The molecule has 0 saturated carbocycles. The van der Waals surface area contributed by atoms with Crippen molar-refractivity contribution in [2.45, 2.75) is 26.2 Å². The summed E-state index contributed by atoms with van der Waals surface area (Å²) in [6.07, 6.45) is 3.74. The number of rotatable bonds is 5. The largest absolute Gasteiger partial charge is 0.314 e. The molecule has 0 atom stereocenters. The van der Waals surface area contributed by atoms with Crippen LogP contribution in [0.3, 0.4) is 0 Å². The Morgan fingerprint density at radius 3 is 2.88 bits per heavy atom. The van der Waals surface area contributed by atoms with Crippen LogP contribution in [0.4, 0.5) is 0 Å². The number of aromatic nitrogens is 1. The van der Waals surface area contributed by atoms with Crippen LogP contribution in [-0.2, 0) is 6.42 Å². The van der Waals surface area contributed by atoms with Gasteiger partial charge < -0.3 is 10.2 Å². The lowest BCUT2D eigenvalue weighted by Gasteiger charge is -2.26. The molecule has 0 spiro atoms. The van der Waals surface area contributed by atoms with Gasteiger partial charge in [0, 0.05) is 37.3 Å². The molecular weight excluding hydrogens is 218 g/mol. The number of unbranched alkanes of at least 4 members (excludes halogenated alkanes) is 1. The summed E-state index contributed by atoms with van der Waals surface area (Å²) in [6.45, 7) is 8.08. The zero-order valence-electron chi connectivity index (χ0n) is 10.0. The van der Waals surface area contributed by atoms with E-state index >= 15 is 0 Å². The normalized spacial score (nSPS) is 17.8. The quantitative estimate of drug-likeness (QED) is 0.792. The van der Waals surface area contributed by atoms with Crippen LogP contribution in [0.15, 0.2) is 5.38 Å². The third-order valence-electron chi connectivity index (χ3n) is 2.99. The second kappa shape index (κ2) is 6.33. The molecule has 1 N–H and O–H groups in total. The van der Waals surface area contributed by atoms with Crippen LogP contribution in [-0.4, -0.2) is 42.6 Å². The molecule has 90 valence electrons. The molecule has 3 nitrogen and oxygen atoms in total. The van der Waals surface area contributed by atoms with Crippen LogP contribution in [0.25, 0.3) is 0 Å². The second-order valence-electron chi connectivity index (χ2n) is 4.43. The Kier molecular flexibility index (Phi) is 4.75. The highest BCUT2D eigenvalue weighted by molar-refractivity contribution is 7.09. The van der Waals surface area contributed by atoms with E-state index in [-0.39, 0.29) is 0 Å². The summed E-state index contributed by atoms with van der Waals surface area (Å²) < 4.78 is 0. The van der Waals surface area contributed by atoms with Gasteiger partial charge in [0.15, 0.2) is 0 Å². The van der Waals surface area contributed by atoms with Gasteiger partial charge in [-0.25, -0.2) is 4.98 Å². The van der Waals surface area contributed by atoms with E-state index in [1.165, 1.54) is 43.2 Å². The van der Waals surface area contributed by atoms with Crippen molar-refractivity contribution in [1.29, 1.82) is 0 Å². The first-order valence-corrected chi connectivity index (χ1v) is 7.06. The van der Waals surface area contributed by atoms with Gasteiger partial charge in [-0.1, -0.05) is 0 Å². The fourth-order valence-electron chi connectivity index (χ4n) is 2.06. The summed E-state index contributed by atoms with van der Waals surface area (Å²) in [6, 6.07) is 0. The summed E-state index contributed by atoms with van der Waals surface area (Å²) in [4.78, 5) is 7.05. The van der Waals surface area contributed by atoms with Crippen LogP contribution in [0.2, 0.25) is 0 Å². The smallest absolute Gasteiger partial charge is 0.0928 e. The van der Waals surface area contributed by atoms with E-state index < -0.39 is 0 Å². The monoisotopic (exact) mass is 239 g/mol. The van der Waals surface area contributed by atoms with Crippen LogP contribution >= 0.6 is 11.3 Å². The molecule has 0 unspecified atom stereocenters. The Morgan fingerprint density at radius 1 is 1.38 bits per heavy atom. The van der Waals surface area contributed by atoms with E-state index in [0.29, 0.717) is 0 Å². The summed E-state index contributed by atoms with van der Waals surface area (Å²) in [5.41, 5.74) is 1.17. The van der Waals surface area contributed by atoms with Gasteiger partial charge in [0.05, 0.1) is 5.01 Å². The fourth-order valence-corrected chi connectivity index (χ4v) is 2.88. The van der Waals surface area contributed by atoms with E-state index in [4.69, 9.17) is 0 Å². The molecule has 2 heterocycles. The predicted octanol–water partition coefficient (Wildman–Crippen LogP) is 1.68. The number of aryl methyl sites for hydroxylation is 2. The highest BCUT2D eigenvalue weighted by atomic mass is 32.1. The van der Waals surface area contributed by atoms with Gasteiger partial charge in [-0.05, 0) is 32.7 Å². The molecule has 1 aliphatic rings. The van der Waals surface area contributed by atoms with Crippen LogP contribution < -0.4 is 5.32 Å². The molecule has 1 aliphatic heterocycles. The lowest BCUT2D eigenvalue weighted by molar-refractivity contribution is 0.237. The number of nitrogens with one attached hydrogen (secondary N) is 1. The van der Waals surface area contributed by atoms with Gasteiger partial charge in [-0.2, -0.15) is 0 Å². The molecule has 0 bridgehead atoms. The predicted molar refractivity (Wildman–Crippen MR) is 69.1 cm³/mol. The summed E-state index contributed by atoms with van der Waals surface area (Å²) in [5.74, 6) is 0. The summed E-state index contributed by atoms with van der Waals surface area (Å²) in [7, 11) is 0. The highest BCUT2D eigenvalue weighted by Crippen LogP contribution is 2.12. The van der Waals surface area contributed by atoms with E-state index in [0.717, 1.165) is 19.5 Å². The van der Waals surface area contributed by atoms with Crippen molar-refractivity contribution in [2.24, 2.45) is 0 Å². The first kappa shape index (κ1) is 12.0. The van der Waals surface area contributed by atoms with Gasteiger partial charge in [0.2, 0.25) is 0 Å². The molecule has 0 amide bonds. The standard InChI is InChI=1S/C12H21N3S/c1-11-10-16-12(14-11)4-2-3-7-15-8-5-13-6-9-15/h10,13H,2-9H2,1H3. The minimum absolute atomic E-state index is 1.16. The molecule has 0 radical (unpaired) electrons. The molecular formula is C12H21N3S. The zero-order valence-corrected chi connectivity index (χ0v) is 10.9. The van der Waals surface area contributed by atoms with Crippen molar-refractivity contribution >= 4 is 11.3 Å². The molecule has 0 aromatic carbocycles. The first-order valence-electron chi connectivity index (χ1n) is 6.19. The van der Waals surface area contributed by atoms with Crippen molar-refractivity contribution in [3.63, 3.8) is 0 Å². The zero-order chi connectivity index (χ0) is 11.2. The molecule has 1 aromatic rings. The number of nitrogens with zero attached hydrogens (tertiary/aromatic N) is 2. The molecule has 1 fully saturated rings. The third-order valence-corrected chi connectivity index (χ3v) is 4.02. The Labute approximate surface area is 102 Å². The Balaban J connectivity index is 1.57. The van der Waals surface area contributed by atoms with E-state index in [1.54, 1.807) is 11.3 Å². The van der Waals surface area contributed by atoms with Crippen molar-refractivity contribution in [3.8, 4) is 0 Å². The van der Waals surface area contributed by atoms with E-state index in [9.17, 15) is 0 Å². The molecule has 16 heavy (non-hydrogen) atoms. The maximum atomic E-state index is 4.49. The van der Waals surface area contributed by atoms with Crippen molar-refractivity contribution in [3.05, 3.63) is 16.1 Å². The molecule has 4 heteroatoms. The minimum atomic E-state index is 1.16. The van der Waals surface area contributed by atoms with Gasteiger partial charge >= 0.3 is 0 Å². The average Bonchev–Trinajstić information content (AvgIpc) is 2.72. The van der Waals surface area contributed by atoms with Crippen molar-refractivity contribution in [2.75, 3.05) is 32.7 Å². The number of thiazole rings is 1. The SMILES string of the molecule is Cc1csc(CCCCN2CCNCC2)n1. The molecule has 1 saturated heterocycles. The van der Waals surface area contributed by atoms with Gasteiger partial charge in [-0.15, -0.1) is 11.3 Å². The first-order chi connectivity index (χ1) is 7.84. The molecule has 2 rings (SSSR count). The Hall–Kier alpha value is -0.450. The second-order valence-corrected chi connectivity index (χ2v) is 5.37. The molecule has 0 aliphatic carbocycles. The van der Waals surface area contributed by atoms with Crippen molar-refractivity contribution in [1.82, 2.24) is 15.2 Å². The summed E-state index contributed by atoms with van der Waals surface area (Å²) >= 11 is 1.80. The Bertz CT molecular complexity index is 305. The van der Waals surface area contributed by atoms with Crippen LogP contribution in [0.5, 0.6) is 0 Å². The number of piperazine rings is 1. The van der Waals surface area contributed by atoms with Gasteiger partial charge in [-0.3, -0.25) is 0 Å². The topological polar surface area (TPSA) is 28.2 Å².